The first kappa shape index (κ1) is 25.7. The number of carbonyl (C=O) groups is 2. The topological polar surface area (TPSA) is 110 Å². The van der Waals surface area contributed by atoms with Gasteiger partial charge in [0, 0.05) is 23.7 Å². The molecule has 3 rings (SSSR count). The van der Waals surface area contributed by atoms with Gasteiger partial charge in [0.25, 0.3) is 0 Å². The van der Waals surface area contributed by atoms with E-state index in [1.807, 2.05) is 17.9 Å². The number of amides is 2. The van der Waals surface area contributed by atoms with Crippen molar-refractivity contribution in [3.8, 4) is 6.07 Å². The van der Waals surface area contributed by atoms with Crippen LogP contribution in [0.15, 0.2) is 18.2 Å². The fourth-order valence-electron chi connectivity index (χ4n) is 3.53. The van der Waals surface area contributed by atoms with E-state index in [9.17, 15) is 20.0 Å². The van der Waals surface area contributed by atoms with Gasteiger partial charge in [0.05, 0.1) is 19.8 Å². The highest BCUT2D eigenvalue weighted by Crippen LogP contribution is 2.34. The highest BCUT2D eigenvalue weighted by atomic mass is 35.5. The number of rotatable bonds is 6. The molecule has 1 aromatic heterocycles. The van der Waals surface area contributed by atoms with Gasteiger partial charge < -0.3 is 14.7 Å². The van der Waals surface area contributed by atoms with E-state index in [4.69, 9.17) is 16.3 Å². The van der Waals surface area contributed by atoms with E-state index in [-0.39, 0.29) is 23.8 Å². The van der Waals surface area contributed by atoms with Crippen LogP contribution >= 0.6 is 22.9 Å². The van der Waals surface area contributed by atoms with Crippen LogP contribution in [0.1, 0.15) is 36.8 Å². The molecule has 9 nitrogen and oxygen atoms in total. The third-order valence-corrected chi connectivity index (χ3v) is 7.00. The van der Waals surface area contributed by atoms with Crippen molar-refractivity contribution in [2.45, 2.75) is 39.8 Å². The summed E-state index contributed by atoms with van der Waals surface area (Å²) in [7, 11) is 0. The van der Waals surface area contributed by atoms with E-state index in [1.54, 1.807) is 32.9 Å². The van der Waals surface area contributed by atoms with E-state index >= 15 is 0 Å². The van der Waals surface area contributed by atoms with Gasteiger partial charge in [0.1, 0.15) is 12.6 Å². The lowest BCUT2D eigenvalue weighted by atomic mass is 10.1. The molecule has 2 amide bonds. The number of nitrogens with zero attached hydrogens (tertiary/aromatic N) is 5. The molecule has 1 aliphatic heterocycles. The summed E-state index contributed by atoms with van der Waals surface area (Å²) in [5.41, 5.74) is 0.788. The van der Waals surface area contributed by atoms with Gasteiger partial charge in [-0.3, -0.25) is 14.6 Å². The number of morpholine rings is 1. The second-order valence-electron chi connectivity index (χ2n) is 8.90. The zero-order valence-electron chi connectivity index (χ0n) is 19.7. The molecule has 1 aliphatic rings. The molecule has 1 N–H and O–H groups in total. The monoisotopic (exact) mass is 505 g/mol. The first-order valence-electron chi connectivity index (χ1n) is 10.8. The molecule has 2 heterocycles. The molecule has 11 heteroatoms. The van der Waals surface area contributed by atoms with Gasteiger partial charge in [-0.25, -0.2) is 9.78 Å². The molecular weight excluding hydrogens is 478 g/mol. The second-order valence-corrected chi connectivity index (χ2v) is 10.3. The number of hydrogen-bond acceptors (Lipinski definition) is 7. The molecule has 0 radical (unpaired) electrons. The summed E-state index contributed by atoms with van der Waals surface area (Å²) in [6.45, 7) is 9.12. The van der Waals surface area contributed by atoms with Gasteiger partial charge in [-0.15, -0.1) is 0 Å². The molecule has 0 atom stereocenters. The van der Waals surface area contributed by atoms with Crippen LogP contribution in [0.2, 0.25) is 5.02 Å². The van der Waals surface area contributed by atoms with E-state index in [0.29, 0.717) is 36.5 Å². The summed E-state index contributed by atoms with van der Waals surface area (Å²) in [5.74, 6) is -0.260. The maximum Gasteiger partial charge on any atom is 0.408 e. The predicted molar refractivity (Wildman–Crippen MR) is 132 cm³/mol. The Balaban J connectivity index is 2.03. The Morgan fingerprint density at radius 2 is 2.00 bits per heavy atom. The Morgan fingerprint density at radius 1 is 1.32 bits per heavy atom. The minimum absolute atomic E-state index is 0.101. The average molecular weight is 506 g/mol. The fourth-order valence-corrected chi connectivity index (χ4v) is 4.65. The molecule has 34 heavy (non-hydrogen) atoms. The lowest BCUT2D eigenvalue weighted by Crippen LogP contribution is -2.50. The van der Waals surface area contributed by atoms with Gasteiger partial charge in [-0.05, 0) is 44.9 Å². The minimum atomic E-state index is -1.20. The normalized spacial score (nSPS) is 13.9. The van der Waals surface area contributed by atoms with Gasteiger partial charge in [-0.1, -0.05) is 35.1 Å². The molecule has 0 spiro atoms. The molecule has 1 fully saturated rings. The number of anilines is 2. The maximum atomic E-state index is 13.6. The Kier molecular flexibility index (Phi) is 8.02. The Bertz CT molecular complexity index is 1100. The Labute approximate surface area is 208 Å². The zero-order chi connectivity index (χ0) is 25.0. The Hall–Kier alpha value is -2.87. The van der Waals surface area contributed by atoms with Crippen molar-refractivity contribution in [1.29, 1.82) is 5.26 Å². The largest absolute Gasteiger partial charge is 0.465 e. The zero-order valence-corrected chi connectivity index (χ0v) is 21.2. The molecule has 1 saturated heterocycles. The first-order valence-corrected chi connectivity index (χ1v) is 12.0. The van der Waals surface area contributed by atoms with Crippen molar-refractivity contribution in [2.75, 3.05) is 42.6 Å². The van der Waals surface area contributed by atoms with Crippen molar-refractivity contribution >= 4 is 45.9 Å². The minimum Gasteiger partial charge on any atom is -0.465 e. The molecular formula is C23H28ClN5O4S. The van der Waals surface area contributed by atoms with Crippen LogP contribution < -0.4 is 9.80 Å². The number of halogens is 1. The van der Waals surface area contributed by atoms with Gasteiger partial charge in [0.15, 0.2) is 15.8 Å². The number of aromatic nitrogens is 1. The highest BCUT2D eigenvalue weighted by molar-refractivity contribution is 7.16. The highest BCUT2D eigenvalue weighted by Gasteiger charge is 2.33. The number of hydrogen-bond donors (Lipinski definition) is 1. The molecule has 0 bridgehead atoms. The molecule has 0 saturated carbocycles. The number of ether oxygens (including phenoxy) is 1. The van der Waals surface area contributed by atoms with Gasteiger partial charge in [0.2, 0.25) is 5.91 Å². The SMILES string of the molecule is Cc1c(Cl)cccc1CN(C(=O)CN(C(=O)O)C(C)(C)C)c1nc(N2CCOCC2)sc1C#N. The van der Waals surface area contributed by atoms with Crippen molar-refractivity contribution < 1.29 is 19.4 Å². The van der Waals surface area contributed by atoms with E-state index in [2.05, 4.69) is 11.1 Å². The summed E-state index contributed by atoms with van der Waals surface area (Å²) >= 11 is 7.51. The van der Waals surface area contributed by atoms with Gasteiger partial charge in [-0.2, -0.15) is 5.26 Å². The summed E-state index contributed by atoms with van der Waals surface area (Å²) in [6, 6.07) is 7.56. The van der Waals surface area contributed by atoms with Crippen molar-refractivity contribution in [3.05, 3.63) is 39.2 Å². The number of benzene rings is 1. The summed E-state index contributed by atoms with van der Waals surface area (Å²) < 4.78 is 5.40. The number of carboxylic acid groups (broad SMARTS) is 1. The van der Waals surface area contributed by atoms with Crippen LogP contribution in [0.25, 0.3) is 0 Å². The van der Waals surface area contributed by atoms with Crippen LogP contribution in [-0.2, 0) is 16.1 Å². The van der Waals surface area contributed by atoms with Crippen molar-refractivity contribution in [1.82, 2.24) is 9.88 Å². The van der Waals surface area contributed by atoms with Gasteiger partial charge >= 0.3 is 6.09 Å². The van der Waals surface area contributed by atoms with E-state index in [1.165, 1.54) is 16.2 Å². The Morgan fingerprint density at radius 3 is 2.59 bits per heavy atom. The molecule has 182 valence electrons. The lowest BCUT2D eigenvalue weighted by Gasteiger charge is -2.34. The third-order valence-electron chi connectivity index (χ3n) is 5.58. The third kappa shape index (κ3) is 5.78. The number of nitriles is 1. The van der Waals surface area contributed by atoms with Crippen molar-refractivity contribution in [3.63, 3.8) is 0 Å². The van der Waals surface area contributed by atoms with Crippen LogP contribution in [0.5, 0.6) is 0 Å². The van der Waals surface area contributed by atoms with Crippen LogP contribution in [0.3, 0.4) is 0 Å². The van der Waals surface area contributed by atoms with E-state index in [0.717, 1.165) is 16.0 Å². The predicted octanol–water partition coefficient (Wildman–Crippen LogP) is 4.12. The van der Waals surface area contributed by atoms with Crippen LogP contribution in [0.4, 0.5) is 15.7 Å². The lowest BCUT2D eigenvalue weighted by molar-refractivity contribution is -0.120. The molecule has 0 aliphatic carbocycles. The first-order chi connectivity index (χ1) is 16.0. The summed E-state index contributed by atoms with van der Waals surface area (Å²) in [6.07, 6.45) is -1.20. The average Bonchev–Trinajstić information content (AvgIpc) is 3.22. The standard InChI is InChI=1S/C23H28ClN5O4S/c1-15-16(6-5-7-17(15)24)13-28(19(30)14-29(22(31)32)23(2,3)4)20-18(12-25)34-21(26-20)27-8-10-33-11-9-27/h5-7H,8-11,13-14H2,1-4H3,(H,31,32). The molecule has 2 aromatic rings. The maximum absolute atomic E-state index is 13.6. The van der Waals surface area contributed by atoms with Crippen LogP contribution in [-0.4, -0.2) is 65.4 Å². The fraction of sp³-hybridized carbons (Fsp3) is 0.478. The van der Waals surface area contributed by atoms with Crippen LogP contribution in [0, 0.1) is 18.3 Å². The quantitative estimate of drug-likeness (QED) is 0.628. The number of carbonyl (C=O) groups excluding carboxylic acids is 1. The summed E-state index contributed by atoms with van der Waals surface area (Å²) in [5, 5.41) is 20.7. The molecule has 1 aromatic carbocycles. The summed E-state index contributed by atoms with van der Waals surface area (Å²) in [4.78, 5) is 34.9. The smallest absolute Gasteiger partial charge is 0.408 e. The number of thiazole rings is 1. The van der Waals surface area contributed by atoms with Crippen molar-refractivity contribution in [2.24, 2.45) is 0 Å². The molecule has 0 unspecified atom stereocenters. The van der Waals surface area contributed by atoms with E-state index < -0.39 is 17.5 Å². The second kappa shape index (κ2) is 10.6.